The van der Waals surface area contributed by atoms with Gasteiger partial charge in [0.2, 0.25) is 0 Å². The van der Waals surface area contributed by atoms with Gasteiger partial charge >= 0.3 is 0 Å². The van der Waals surface area contributed by atoms with Crippen molar-refractivity contribution in [1.29, 1.82) is 5.41 Å². The van der Waals surface area contributed by atoms with Crippen LogP contribution >= 0.6 is 0 Å². The number of hydrogen-bond acceptors (Lipinski definition) is 1. The zero-order chi connectivity index (χ0) is 6.41. The first-order valence-electron chi connectivity index (χ1n) is 3.01. The van der Waals surface area contributed by atoms with Crippen LogP contribution in [0, 0.1) is 5.41 Å². The molecule has 0 radical (unpaired) electrons. The Labute approximate surface area is 50.9 Å². The second kappa shape index (κ2) is 4.57. The SMILES string of the molecule is CC=CC(=N)CCC. The second-order valence-corrected chi connectivity index (χ2v) is 1.78. The summed E-state index contributed by atoms with van der Waals surface area (Å²) >= 11 is 0. The highest BCUT2D eigenvalue weighted by molar-refractivity contribution is 5.91. The highest BCUT2D eigenvalue weighted by Gasteiger charge is 1.83. The highest BCUT2D eigenvalue weighted by atomic mass is 14.4. The van der Waals surface area contributed by atoms with Crippen molar-refractivity contribution in [3.05, 3.63) is 12.2 Å². The number of nitrogens with one attached hydrogen (secondary N) is 1. The molecule has 0 saturated carbocycles. The van der Waals surface area contributed by atoms with Crippen molar-refractivity contribution < 1.29 is 0 Å². The van der Waals surface area contributed by atoms with Gasteiger partial charge in [-0.15, -0.1) is 0 Å². The summed E-state index contributed by atoms with van der Waals surface area (Å²) in [6, 6.07) is 0. The average Bonchev–Trinajstić information content (AvgIpc) is 1.68. The van der Waals surface area contributed by atoms with Gasteiger partial charge in [0.05, 0.1) is 0 Å². The molecular formula is C7H13N. The maximum atomic E-state index is 7.20. The van der Waals surface area contributed by atoms with Crippen LogP contribution in [0.5, 0.6) is 0 Å². The summed E-state index contributed by atoms with van der Waals surface area (Å²) in [5.41, 5.74) is 0.731. The molecule has 0 heterocycles. The molecule has 1 heteroatoms. The third-order valence-electron chi connectivity index (χ3n) is 0.887. The Balaban J connectivity index is 3.33. The highest BCUT2D eigenvalue weighted by Crippen LogP contribution is 1.89. The van der Waals surface area contributed by atoms with Crippen LogP contribution in [0.1, 0.15) is 26.7 Å². The normalized spacial score (nSPS) is 10.2. The molecule has 8 heavy (non-hydrogen) atoms. The third-order valence-corrected chi connectivity index (χ3v) is 0.887. The van der Waals surface area contributed by atoms with Gasteiger partial charge in [0, 0.05) is 5.71 Å². The van der Waals surface area contributed by atoms with Crippen LogP contribution in [0.25, 0.3) is 0 Å². The predicted octanol–water partition coefficient (Wildman–Crippen LogP) is 2.38. The Morgan fingerprint density at radius 2 is 2.25 bits per heavy atom. The fraction of sp³-hybridized carbons (Fsp3) is 0.571. The van der Waals surface area contributed by atoms with Gasteiger partial charge in [-0.2, -0.15) is 0 Å². The van der Waals surface area contributed by atoms with E-state index in [1.54, 1.807) is 0 Å². The standard InChI is InChI=1S/C7H13N/c1-3-5-7(8)6-4-2/h3,5,8H,4,6H2,1-2H3. The predicted molar refractivity (Wildman–Crippen MR) is 37.4 cm³/mol. The van der Waals surface area contributed by atoms with Gasteiger partial charge in [-0.25, -0.2) is 0 Å². The lowest BCUT2D eigenvalue weighted by Crippen LogP contribution is -1.87. The zero-order valence-corrected chi connectivity index (χ0v) is 5.57. The quantitative estimate of drug-likeness (QED) is 0.541. The largest absolute Gasteiger partial charge is 0.305 e. The van der Waals surface area contributed by atoms with E-state index in [4.69, 9.17) is 5.41 Å². The van der Waals surface area contributed by atoms with Crippen molar-refractivity contribution >= 4 is 5.71 Å². The van der Waals surface area contributed by atoms with E-state index in [1.165, 1.54) is 0 Å². The van der Waals surface area contributed by atoms with Crippen LogP contribution < -0.4 is 0 Å². The summed E-state index contributed by atoms with van der Waals surface area (Å²) in [5.74, 6) is 0. The van der Waals surface area contributed by atoms with E-state index in [2.05, 4.69) is 6.92 Å². The van der Waals surface area contributed by atoms with Gasteiger partial charge in [-0.3, -0.25) is 0 Å². The van der Waals surface area contributed by atoms with Gasteiger partial charge in [0.1, 0.15) is 0 Å². The smallest absolute Gasteiger partial charge is 0.0310 e. The van der Waals surface area contributed by atoms with Crippen molar-refractivity contribution in [3.63, 3.8) is 0 Å². The fourth-order valence-electron chi connectivity index (χ4n) is 0.554. The van der Waals surface area contributed by atoms with Crippen molar-refractivity contribution in [2.75, 3.05) is 0 Å². The van der Waals surface area contributed by atoms with Gasteiger partial charge in [-0.1, -0.05) is 19.4 Å². The number of hydrogen-bond donors (Lipinski definition) is 1. The Kier molecular flexibility index (Phi) is 4.23. The number of allylic oxidation sites excluding steroid dienone is 2. The van der Waals surface area contributed by atoms with E-state index < -0.39 is 0 Å². The van der Waals surface area contributed by atoms with E-state index in [0.717, 1.165) is 18.6 Å². The Morgan fingerprint density at radius 3 is 2.62 bits per heavy atom. The molecule has 0 bridgehead atoms. The van der Waals surface area contributed by atoms with Crippen molar-refractivity contribution in [3.8, 4) is 0 Å². The Morgan fingerprint density at radius 1 is 1.62 bits per heavy atom. The first-order chi connectivity index (χ1) is 3.81. The molecule has 0 aliphatic carbocycles. The third kappa shape index (κ3) is 3.59. The summed E-state index contributed by atoms with van der Waals surface area (Å²) in [5, 5.41) is 7.20. The van der Waals surface area contributed by atoms with E-state index in [0.29, 0.717) is 0 Å². The topological polar surface area (TPSA) is 23.9 Å². The molecule has 0 aromatic heterocycles. The molecule has 0 atom stereocenters. The van der Waals surface area contributed by atoms with Gasteiger partial charge < -0.3 is 5.41 Å². The van der Waals surface area contributed by atoms with Crippen LogP contribution in [0.4, 0.5) is 0 Å². The summed E-state index contributed by atoms with van der Waals surface area (Å²) in [7, 11) is 0. The van der Waals surface area contributed by atoms with Crippen LogP contribution in [-0.2, 0) is 0 Å². The molecule has 0 aliphatic rings. The Bertz CT molecular complexity index is 92.6. The molecule has 0 aromatic rings. The first kappa shape index (κ1) is 7.41. The van der Waals surface area contributed by atoms with E-state index >= 15 is 0 Å². The molecule has 0 fully saturated rings. The molecule has 0 spiro atoms. The molecule has 0 amide bonds. The molecule has 0 unspecified atom stereocenters. The van der Waals surface area contributed by atoms with Crippen LogP contribution in [0.2, 0.25) is 0 Å². The van der Waals surface area contributed by atoms with Crippen molar-refractivity contribution in [2.24, 2.45) is 0 Å². The maximum absolute atomic E-state index is 7.20. The van der Waals surface area contributed by atoms with Crippen LogP contribution in [0.15, 0.2) is 12.2 Å². The first-order valence-corrected chi connectivity index (χ1v) is 3.01. The molecule has 1 N–H and O–H groups in total. The minimum Gasteiger partial charge on any atom is -0.305 e. The molecule has 0 saturated heterocycles. The lowest BCUT2D eigenvalue weighted by atomic mass is 10.2. The monoisotopic (exact) mass is 111 g/mol. The fourth-order valence-corrected chi connectivity index (χ4v) is 0.554. The molecular weight excluding hydrogens is 98.1 g/mol. The molecule has 0 aliphatic heterocycles. The average molecular weight is 111 g/mol. The van der Waals surface area contributed by atoms with E-state index in [9.17, 15) is 0 Å². The molecule has 1 nitrogen and oxygen atoms in total. The summed E-state index contributed by atoms with van der Waals surface area (Å²) < 4.78 is 0. The van der Waals surface area contributed by atoms with Gasteiger partial charge in [0.25, 0.3) is 0 Å². The van der Waals surface area contributed by atoms with E-state index in [-0.39, 0.29) is 0 Å². The lowest BCUT2D eigenvalue weighted by Gasteiger charge is -1.89. The molecule has 46 valence electrons. The minimum atomic E-state index is 0.731. The second-order valence-electron chi connectivity index (χ2n) is 1.78. The molecule has 0 aromatic carbocycles. The summed E-state index contributed by atoms with van der Waals surface area (Å²) in [6.45, 7) is 4.02. The van der Waals surface area contributed by atoms with Crippen molar-refractivity contribution in [2.45, 2.75) is 26.7 Å². The van der Waals surface area contributed by atoms with Gasteiger partial charge in [0.15, 0.2) is 0 Å². The maximum Gasteiger partial charge on any atom is 0.0310 e. The summed E-state index contributed by atoms with van der Waals surface area (Å²) in [4.78, 5) is 0. The molecule has 0 rings (SSSR count). The van der Waals surface area contributed by atoms with Crippen LogP contribution in [-0.4, -0.2) is 5.71 Å². The summed E-state index contributed by atoms with van der Waals surface area (Å²) in [6.07, 6.45) is 5.72. The van der Waals surface area contributed by atoms with Crippen molar-refractivity contribution in [1.82, 2.24) is 0 Å². The van der Waals surface area contributed by atoms with E-state index in [1.807, 2.05) is 19.1 Å². The van der Waals surface area contributed by atoms with Gasteiger partial charge in [-0.05, 0) is 19.4 Å². The zero-order valence-electron chi connectivity index (χ0n) is 5.57. The lowest BCUT2D eigenvalue weighted by molar-refractivity contribution is 0.990. The number of rotatable bonds is 3. The van der Waals surface area contributed by atoms with Crippen LogP contribution in [0.3, 0.4) is 0 Å². The Hall–Kier alpha value is -0.590. The minimum absolute atomic E-state index is 0.731.